The van der Waals surface area contributed by atoms with E-state index in [1.54, 1.807) is 7.11 Å². The molecule has 0 fully saturated rings. The van der Waals surface area contributed by atoms with Crippen LogP contribution in [-0.2, 0) is 13.2 Å². The molecule has 0 saturated carbocycles. The zero-order valence-electron chi connectivity index (χ0n) is 15.8. The van der Waals surface area contributed by atoms with Gasteiger partial charge in [-0.25, -0.2) is 0 Å². The van der Waals surface area contributed by atoms with E-state index in [-0.39, 0.29) is 0 Å². The Morgan fingerprint density at radius 2 is 1.68 bits per heavy atom. The first-order valence-corrected chi connectivity index (χ1v) is 9.93. The van der Waals surface area contributed by atoms with Gasteiger partial charge in [-0.1, -0.05) is 76.6 Å². The number of ether oxygens (including phenoxy) is 2. The van der Waals surface area contributed by atoms with Crippen LogP contribution in [0, 0.1) is 0 Å². The number of benzene rings is 3. The van der Waals surface area contributed by atoms with Crippen LogP contribution in [0.3, 0.4) is 0 Å². The van der Waals surface area contributed by atoms with Crippen LogP contribution in [0.25, 0.3) is 0 Å². The van der Waals surface area contributed by atoms with Gasteiger partial charge in [0.05, 0.1) is 13.2 Å². The summed E-state index contributed by atoms with van der Waals surface area (Å²) in [7, 11) is 1.63. The summed E-state index contributed by atoms with van der Waals surface area (Å²) < 4.78 is 12.5. The Labute approximate surface area is 174 Å². The first-order chi connectivity index (χ1) is 13.7. The van der Waals surface area contributed by atoms with Crippen LogP contribution in [0.4, 0.5) is 0 Å². The SMILES string of the molecule is COc1cc(Br)cc(CNCC(O)c2ccccc2)c1OCc1ccccc1. The number of aliphatic hydroxyl groups excluding tert-OH is 1. The highest BCUT2D eigenvalue weighted by molar-refractivity contribution is 9.10. The Balaban J connectivity index is 1.69. The molecular weight excluding hydrogens is 418 g/mol. The van der Waals surface area contributed by atoms with Crippen molar-refractivity contribution >= 4 is 15.9 Å². The van der Waals surface area contributed by atoms with Crippen molar-refractivity contribution in [3.05, 3.63) is 94.0 Å². The standard InChI is InChI=1S/C23H24BrNO3/c1-27-22-13-20(24)12-19(23(22)28-16-17-8-4-2-5-9-17)14-25-15-21(26)18-10-6-3-7-11-18/h2-13,21,25-26H,14-16H2,1H3. The van der Waals surface area contributed by atoms with Crippen LogP contribution in [-0.4, -0.2) is 18.8 Å². The molecule has 146 valence electrons. The van der Waals surface area contributed by atoms with Crippen molar-refractivity contribution in [2.75, 3.05) is 13.7 Å². The Morgan fingerprint density at radius 3 is 2.36 bits per heavy atom. The van der Waals surface area contributed by atoms with Gasteiger partial charge in [0.2, 0.25) is 0 Å². The summed E-state index contributed by atoms with van der Waals surface area (Å²) in [6.45, 7) is 1.44. The average Bonchev–Trinajstić information content (AvgIpc) is 2.74. The molecule has 0 heterocycles. The van der Waals surface area contributed by atoms with Crippen LogP contribution in [0.5, 0.6) is 11.5 Å². The monoisotopic (exact) mass is 441 g/mol. The Morgan fingerprint density at radius 1 is 1.00 bits per heavy atom. The number of rotatable bonds is 9. The third-order valence-corrected chi connectivity index (χ3v) is 4.84. The summed E-state index contributed by atoms with van der Waals surface area (Å²) in [6.07, 6.45) is -0.566. The smallest absolute Gasteiger partial charge is 0.166 e. The maximum atomic E-state index is 10.3. The predicted octanol–water partition coefficient (Wildman–Crippen LogP) is 4.86. The summed E-state index contributed by atoms with van der Waals surface area (Å²) in [4.78, 5) is 0. The quantitative estimate of drug-likeness (QED) is 0.497. The number of nitrogens with one attached hydrogen (secondary N) is 1. The highest BCUT2D eigenvalue weighted by Crippen LogP contribution is 2.35. The molecule has 1 unspecified atom stereocenters. The van der Waals surface area contributed by atoms with Gasteiger partial charge in [0.15, 0.2) is 11.5 Å². The molecule has 0 aliphatic rings. The fraction of sp³-hybridized carbons (Fsp3) is 0.217. The lowest BCUT2D eigenvalue weighted by atomic mass is 10.1. The average molecular weight is 442 g/mol. The number of aliphatic hydroxyl groups is 1. The van der Waals surface area contributed by atoms with Crippen molar-refractivity contribution in [2.45, 2.75) is 19.3 Å². The van der Waals surface area contributed by atoms with Gasteiger partial charge in [-0.3, -0.25) is 0 Å². The molecule has 4 nitrogen and oxygen atoms in total. The Hall–Kier alpha value is -2.34. The van der Waals surface area contributed by atoms with Gasteiger partial charge in [0, 0.05) is 23.1 Å². The molecule has 2 N–H and O–H groups in total. The second-order valence-electron chi connectivity index (χ2n) is 6.43. The molecule has 3 aromatic rings. The molecule has 0 aliphatic heterocycles. The van der Waals surface area contributed by atoms with Crippen molar-refractivity contribution in [3.63, 3.8) is 0 Å². The van der Waals surface area contributed by atoms with Crippen molar-refractivity contribution in [1.82, 2.24) is 5.32 Å². The molecule has 0 aromatic heterocycles. The predicted molar refractivity (Wildman–Crippen MR) is 115 cm³/mol. The zero-order chi connectivity index (χ0) is 19.8. The van der Waals surface area contributed by atoms with Crippen LogP contribution in [0.1, 0.15) is 22.8 Å². The van der Waals surface area contributed by atoms with Crippen molar-refractivity contribution in [2.24, 2.45) is 0 Å². The fourth-order valence-electron chi connectivity index (χ4n) is 2.94. The molecule has 0 amide bonds. The summed E-state index contributed by atoms with van der Waals surface area (Å²) in [5.74, 6) is 1.38. The van der Waals surface area contributed by atoms with Crippen LogP contribution >= 0.6 is 15.9 Å². The van der Waals surface area contributed by atoms with E-state index in [1.807, 2.05) is 72.8 Å². The summed E-state index contributed by atoms with van der Waals surface area (Å²) >= 11 is 3.53. The van der Waals surface area contributed by atoms with Crippen molar-refractivity contribution < 1.29 is 14.6 Å². The summed E-state index contributed by atoms with van der Waals surface area (Å²) in [5, 5.41) is 13.7. The van der Waals surface area contributed by atoms with E-state index in [1.165, 1.54) is 0 Å². The van der Waals surface area contributed by atoms with E-state index >= 15 is 0 Å². The molecule has 5 heteroatoms. The molecule has 3 aromatic carbocycles. The normalized spacial score (nSPS) is 11.8. The third kappa shape index (κ3) is 5.58. The second kappa shape index (κ2) is 10.3. The minimum Gasteiger partial charge on any atom is -0.493 e. The third-order valence-electron chi connectivity index (χ3n) is 4.38. The minimum absolute atomic E-state index is 0.441. The zero-order valence-corrected chi connectivity index (χ0v) is 17.4. The van der Waals surface area contributed by atoms with E-state index in [2.05, 4.69) is 21.2 Å². The topological polar surface area (TPSA) is 50.7 Å². The second-order valence-corrected chi connectivity index (χ2v) is 7.34. The van der Waals surface area contributed by atoms with Gasteiger partial charge in [0.1, 0.15) is 6.61 Å². The highest BCUT2D eigenvalue weighted by Gasteiger charge is 2.14. The fourth-order valence-corrected chi connectivity index (χ4v) is 3.42. The van der Waals surface area contributed by atoms with Gasteiger partial charge >= 0.3 is 0 Å². The molecule has 28 heavy (non-hydrogen) atoms. The first-order valence-electron chi connectivity index (χ1n) is 9.14. The van der Waals surface area contributed by atoms with E-state index in [0.29, 0.717) is 31.2 Å². The van der Waals surface area contributed by atoms with Crippen LogP contribution in [0.15, 0.2) is 77.3 Å². The minimum atomic E-state index is -0.566. The van der Waals surface area contributed by atoms with Gasteiger partial charge in [0.25, 0.3) is 0 Å². The van der Waals surface area contributed by atoms with E-state index in [0.717, 1.165) is 21.2 Å². The maximum Gasteiger partial charge on any atom is 0.166 e. The number of hydrogen-bond acceptors (Lipinski definition) is 4. The van der Waals surface area contributed by atoms with Crippen LogP contribution < -0.4 is 14.8 Å². The largest absolute Gasteiger partial charge is 0.493 e. The molecule has 0 saturated heterocycles. The molecule has 0 radical (unpaired) electrons. The van der Waals surface area contributed by atoms with Crippen molar-refractivity contribution in [3.8, 4) is 11.5 Å². The lowest BCUT2D eigenvalue weighted by molar-refractivity contribution is 0.174. The summed E-state index contributed by atoms with van der Waals surface area (Å²) in [5.41, 5.74) is 2.94. The highest BCUT2D eigenvalue weighted by atomic mass is 79.9. The lowest BCUT2D eigenvalue weighted by Crippen LogP contribution is -2.21. The van der Waals surface area contributed by atoms with Crippen molar-refractivity contribution in [1.29, 1.82) is 0 Å². The van der Waals surface area contributed by atoms with E-state index < -0.39 is 6.10 Å². The van der Waals surface area contributed by atoms with E-state index in [9.17, 15) is 5.11 Å². The number of halogens is 1. The Bertz CT molecular complexity index is 872. The molecule has 0 spiro atoms. The molecule has 1 atom stereocenters. The van der Waals surface area contributed by atoms with Crippen LogP contribution in [0.2, 0.25) is 0 Å². The number of methoxy groups -OCH3 is 1. The molecule has 3 rings (SSSR count). The van der Waals surface area contributed by atoms with Gasteiger partial charge in [-0.2, -0.15) is 0 Å². The molecule has 0 bridgehead atoms. The maximum absolute atomic E-state index is 10.3. The van der Waals surface area contributed by atoms with Gasteiger partial charge in [-0.15, -0.1) is 0 Å². The lowest BCUT2D eigenvalue weighted by Gasteiger charge is -2.17. The Kier molecular flexibility index (Phi) is 7.48. The van der Waals surface area contributed by atoms with Gasteiger partial charge in [-0.05, 0) is 23.3 Å². The van der Waals surface area contributed by atoms with Gasteiger partial charge < -0.3 is 19.9 Å². The summed E-state index contributed by atoms with van der Waals surface area (Å²) in [6, 6.07) is 23.5. The van der Waals surface area contributed by atoms with E-state index in [4.69, 9.17) is 9.47 Å². The molecular formula is C23H24BrNO3. The molecule has 0 aliphatic carbocycles. The first kappa shape index (κ1) is 20.4. The number of hydrogen-bond donors (Lipinski definition) is 2.